The van der Waals surface area contributed by atoms with E-state index in [2.05, 4.69) is 278 Å². The van der Waals surface area contributed by atoms with Crippen LogP contribution in [0.1, 0.15) is 0 Å². The Labute approximate surface area is 500 Å². The van der Waals surface area contributed by atoms with Crippen molar-refractivity contribution >= 4 is 86.0 Å². The van der Waals surface area contributed by atoms with Crippen LogP contribution >= 0.6 is 11.3 Å². The van der Waals surface area contributed by atoms with Gasteiger partial charge in [-0.05, 0) is 97.7 Å². The number of thiophene rings is 1. The van der Waals surface area contributed by atoms with Gasteiger partial charge in [0.15, 0.2) is 5.82 Å². The minimum atomic E-state index is 0.740. The van der Waals surface area contributed by atoms with Gasteiger partial charge in [-0.3, -0.25) is 14.5 Å². The summed E-state index contributed by atoms with van der Waals surface area (Å²) < 4.78 is 4.59. The van der Waals surface area contributed by atoms with Crippen molar-refractivity contribution in [1.82, 2.24) is 29.5 Å². The monoisotopic (exact) mass is 1110 g/mol. The highest BCUT2D eigenvalue weighted by molar-refractivity contribution is 7.26. The summed E-state index contributed by atoms with van der Waals surface area (Å²) in [4.78, 5) is 24.7. The van der Waals surface area contributed by atoms with Crippen molar-refractivity contribution in [3.63, 3.8) is 0 Å². The average Bonchev–Trinajstić information content (AvgIpc) is 2.45. The zero-order valence-electron chi connectivity index (χ0n) is 46.5. The third-order valence-electron chi connectivity index (χ3n) is 16.4. The lowest BCUT2D eigenvalue weighted by Gasteiger charge is -2.10. The molecule has 0 fully saturated rings. The lowest BCUT2D eigenvalue weighted by molar-refractivity contribution is 1.10. The Morgan fingerprint density at radius 2 is 0.733 bits per heavy atom. The Morgan fingerprint density at radius 3 is 1.30 bits per heavy atom. The van der Waals surface area contributed by atoms with Crippen molar-refractivity contribution in [2.45, 2.75) is 0 Å². The Balaban J connectivity index is 0.000000140. The van der Waals surface area contributed by atoms with E-state index in [0.717, 1.165) is 88.5 Å². The second-order valence-electron chi connectivity index (χ2n) is 21.6. The number of imidazole rings is 1. The SMILES string of the molecule is c1ccc(-c2nc(-c3ccc(-c4ccc(-c5ccc6c(c5)ncc5ccccc56)cc4)cc3)nc3c2sc2ccccc23)cc1.c1ccc(-n2c(-c3ccc(-c4ccc(-c5ccc6c(c5)ncc5ccccc56)cc4)cc3)nc3ccccc32)cc1. The minimum Gasteiger partial charge on any atom is -0.292 e. The molecule has 5 heterocycles. The molecule has 0 spiro atoms. The number of benzene rings is 12. The van der Waals surface area contributed by atoms with Crippen LogP contribution < -0.4 is 0 Å². The van der Waals surface area contributed by atoms with Gasteiger partial charge in [-0.15, -0.1) is 11.3 Å². The summed E-state index contributed by atoms with van der Waals surface area (Å²) >= 11 is 1.76. The number of fused-ring (bicyclic) bond motifs is 10. The standard InChI is InChI=1S/C41H25N3S.C38H25N3/c1-2-8-29(9-3-1)38-40-39(35-12-6-7-13-37(35)45-40)44-41(43-38)30-20-18-27(19-21-30)26-14-16-28(17-15-26)31-22-23-34-33-11-5-4-10-32(33)25-42-36(34)24-31;1-2-9-32(10-3-1)41-37-13-7-6-12-35(37)40-38(41)29-20-18-27(19-21-29)26-14-16-28(17-15-26)30-22-23-34-33-11-5-4-8-31(33)25-39-36(34)24-30/h1-25H;1-25H. The number of hydrogen-bond donors (Lipinski definition) is 0. The molecule has 402 valence electrons. The van der Waals surface area contributed by atoms with Gasteiger partial charge in [0.05, 0.1) is 38.0 Å². The molecule has 86 heavy (non-hydrogen) atoms. The van der Waals surface area contributed by atoms with Crippen LogP contribution in [0.5, 0.6) is 0 Å². The first-order chi connectivity index (χ1) is 42.6. The molecular formula is C79H50N6S. The van der Waals surface area contributed by atoms with Crippen molar-refractivity contribution in [3.05, 3.63) is 304 Å². The first kappa shape index (κ1) is 50.5. The van der Waals surface area contributed by atoms with Crippen molar-refractivity contribution in [2.24, 2.45) is 0 Å². The lowest BCUT2D eigenvalue weighted by Crippen LogP contribution is -1.97. The first-order valence-corrected chi connectivity index (χ1v) is 29.7. The third-order valence-corrected chi connectivity index (χ3v) is 17.6. The van der Waals surface area contributed by atoms with Gasteiger partial charge >= 0.3 is 0 Å². The van der Waals surface area contributed by atoms with E-state index < -0.39 is 0 Å². The van der Waals surface area contributed by atoms with Crippen LogP contribution in [0, 0.1) is 0 Å². The highest BCUT2D eigenvalue weighted by Gasteiger charge is 2.18. The molecule has 0 saturated carbocycles. The third kappa shape index (κ3) is 9.29. The maximum absolute atomic E-state index is 5.12. The quantitative estimate of drug-likeness (QED) is 0.142. The fourth-order valence-corrected chi connectivity index (χ4v) is 13.1. The summed E-state index contributed by atoms with van der Waals surface area (Å²) in [5.74, 6) is 1.68. The second-order valence-corrected chi connectivity index (χ2v) is 22.6. The molecule has 17 aromatic rings. The van der Waals surface area contributed by atoms with E-state index in [1.807, 2.05) is 30.6 Å². The summed E-state index contributed by atoms with van der Waals surface area (Å²) in [5.41, 5.74) is 19.8. The van der Waals surface area contributed by atoms with Gasteiger partial charge in [0.1, 0.15) is 5.82 Å². The molecule has 0 amide bonds. The molecule has 0 aliphatic carbocycles. The van der Waals surface area contributed by atoms with Crippen LogP contribution in [-0.4, -0.2) is 29.5 Å². The van der Waals surface area contributed by atoms with E-state index in [1.165, 1.54) is 70.4 Å². The topological polar surface area (TPSA) is 69.4 Å². The molecule has 0 aliphatic heterocycles. The smallest absolute Gasteiger partial charge is 0.160 e. The molecule has 12 aromatic carbocycles. The lowest BCUT2D eigenvalue weighted by atomic mass is 9.98. The van der Waals surface area contributed by atoms with E-state index >= 15 is 0 Å². The van der Waals surface area contributed by atoms with Gasteiger partial charge in [-0.25, -0.2) is 15.0 Å². The normalized spacial score (nSPS) is 11.5. The van der Waals surface area contributed by atoms with Crippen LogP contribution in [0.15, 0.2) is 304 Å². The molecule has 5 aromatic heterocycles. The van der Waals surface area contributed by atoms with E-state index in [-0.39, 0.29) is 0 Å². The Kier molecular flexibility index (Phi) is 12.6. The number of rotatable bonds is 8. The summed E-state index contributed by atoms with van der Waals surface area (Å²) in [6, 6.07) is 102. The van der Waals surface area contributed by atoms with Crippen LogP contribution in [-0.2, 0) is 0 Å². The van der Waals surface area contributed by atoms with Crippen LogP contribution in [0.4, 0.5) is 0 Å². The second kappa shape index (κ2) is 21.5. The zero-order chi connectivity index (χ0) is 56.9. The van der Waals surface area contributed by atoms with Gasteiger partial charge in [0.2, 0.25) is 0 Å². The number of aromatic nitrogens is 6. The van der Waals surface area contributed by atoms with E-state index in [1.54, 1.807) is 11.3 Å². The summed E-state index contributed by atoms with van der Waals surface area (Å²) in [6.45, 7) is 0. The molecule has 0 saturated heterocycles. The number of para-hydroxylation sites is 3. The fourth-order valence-electron chi connectivity index (χ4n) is 12.0. The predicted octanol–water partition coefficient (Wildman–Crippen LogP) is 20.9. The molecule has 0 unspecified atom stereocenters. The van der Waals surface area contributed by atoms with Crippen molar-refractivity contribution in [2.75, 3.05) is 0 Å². The average molecular weight is 1120 g/mol. The number of nitrogens with zero attached hydrogens (tertiary/aromatic N) is 6. The molecule has 0 atom stereocenters. The molecular weight excluding hydrogens is 1060 g/mol. The van der Waals surface area contributed by atoms with Gasteiger partial charge in [-0.1, -0.05) is 249 Å². The molecule has 0 bridgehead atoms. The molecule has 0 radical (unpaired) electrons. The Hall–Kier alpha value is -11.3. The van der Waals surface area contributed by atoms with Gasteiger partial charge in [-0.2, -0.15) is 0 Å². The zero-order valence-corrected chi connectivity index (χ0v) is 47.3. The highest BCUT2D eigenvalue weighted by Crippen LogP contribution is 2.40. The summed E-state index contributed by atoms with van der Waals surface area (Å²) in [7, 11) is 0. The van der Waals surface area contributed by atoms with E-state index in [9.17, 15) is 0 Å². The van der Waals surface area contributed by atoms with Crippen molar-refractivity contribution in [3.8, 4) is 84.2 Å². The summed E-state index contributed by atoms with van der Waals surface area (Å²) in [6.07, 6.45) is 3.92. The van der Waals surface area contributed by atoms with Crippen LogP contribution in [0.2, 0.25) is 0 Å². The molecule has 0 aliphatic rings. The van der Waals surface area contributed by atoms with E-state index in [0.29, 0.717) is 0 Å². The number of hydrogen-bond acceptors (Lipinski definition) is 6. The van der Waals surface area contributed by atoms with Gasteiger partial charge in [0, 0.05) is 66.4 Å². The fraction of sp³-hybridized carbons (Fsp3) is 0. The largest absolute Gasteiger partial charge is 0.292 e. The van der Waals surface area contributed by atoms with Crippen LogP contribution in [0.25, 0.3) is 159 Å². The van der Waals surface area contributed by atoms with Crippen LogP contribution in [0.3, 0.4) is 0 Å². The minimum absolute atomic E-state index is 0.740. The Bertz CT molecular complexity index is 5370. The molecule has 6 nitrogen and oxygen atoms in total. The van der Waals surface area contributed by atoms with Crippen molar-refractivity contribution in [1.29, 1.82) is 0 Å². The van der Waals surface area contributed by atoms with Crippen molar-refractivity contribution < 1.29 is 0 Å². The predicted molar refractivity (Wildman–Crippen MR) is 360 cm³/mol. The van der Waals surface area contributed by atoms with Gasteiger partial charge < -0.3 is 0 Å². The first-order valence-electron chi connectivity index (χ1n) is 28.9. The van der Waals surface area contributed by atoms with Gasteiger partial charge in [0.25, 0.3) is 0 Å². The maximum Gasteiger partial charge on any atom is 0.160 e. The maximum atomic E-state index is 5.12. The molecule has 0 N–H and O–H groups in total. The molecule has 17 rings (SSSR count). The highest BCUT2D eigenvalue weighted by atomic mass is 32.1. The number of pyridine rings is 2. The van der Waals surface area contributed by atoms with E-state index in [4.69, 9.17) is 24.9 Å². The Morgan fingerprint density at radius 1 is 0.291 bits per heavy atom. The summed E-state index contributed by atoms with van der Waals surface area (Å²) in [5, 5.41) is 8.34. The molecule has 7 heteroatoms.